The van der Waals surface area contributed by atoms with Crippen molar-refractivity contribution in [3.63, 3.8) is 0 Å². The molecule has 1 aliphatic rings. The summed E-state index contributed by atoms with van der Waals surface area (Å²) in [6, 6.07) is 7.61. The number of anilines is 1. The number of hydrogen-bond donors (Lipinski definition) is 1. The Labute approximate surface area is 154 Å². The molecular formula is C19H17FN4O3. The van der Waals surface area contributed by atoms with Gasteiger partial charge in [0.2, 0.25) is 5.82 Å². The Morgan fingerprint density at radius 1 is 1.33 bits per heavy atom. The molecule has 3 aromatic rings. The molecule has 0 spiro atoms. The Hall–Kier alpha value is -3.29. The minimum Gasteiger partial charge on any atom is -0.481 e. The number of nitrogens with two attached hydrogens (primary N) is 1. The molecule has 4 rings (SSSR count). The molecule has 138 valence electrons. The molecule has 1 unspecified atom stereocenters. The summed E-state index contributed by atoms with van der Waals surface area (Å²) in [4.78, 5) is 20.4. The predicted octanol–water partition coefficient (Wildman–Crippen LogP) is 3.59. The number of rotatable bonds is 6. The quantitative estimate of drug-likeness (QED) is 0.524. The first-order valence-electron chi connectivity index (χ1n) is 8.57. The van der Waals surface area contributed by atoms with Gasteiger partial charge in [-0.25, -0.2) is 9.37 Å². The van der Waals surface area contributed by atoms with E-state index >= 15 is 0 Å². The van der Waals surface area contributed by atoms with Crippen molar-refractivity contribution in [3.8, 4) is 17.2 Å². The standard InChI is InChI=1S/C19H17FN4O3/c1-10(26-13-5-7-16(22-9-13)17(25)11-2-3-11)18-23-19(27-24-18)12-4-6-15(21)14(20)8-12/h4-11H,2-3,21H2,1H3. The summed E-state index contributed by atoms with van der Waals surface area (Å²) in [5, 5.41) is 3.88. The van der Waals surface area contributed by atoms with Crippen molar-refractivity contribution < 1.29 is 18.4 Å². The summed E-state index contributed by atoms with van der Waals surface area (Å²) >= 11 is 0. The van der Waals surface area contributed by atoms with Crippen molar-refractivity contribution >= 4 is 11.5 Å². The molecule has 8 heteroatoms. The van der Waals surface area contributed by atoms with Gasteiger partial charge in [0.25, 0.3) is 5.89 Å². The molecule has 27 heavy (non-hydrogen) atoms. The second kappa shape index (κ2) is 6.79. The van der Waals surface area contributed by atoms with Gasteiger partial charge in [-0.3, -0.25) is 4.79 Å². The average Bonchev–Trinajstić information content (AvgIpc) is 3.40. The first-order chi connectivity index (χ1) is 13.0. The first-order valence-corrected chi connectivity index (χ1v) is 8.57. The van der Waals surface area contributed by atoms with Crippen LogP contribution in [0.3, 0.4) is 0 Å². The summed E-state index contributed by atoms with van der Waals surface area (Å²) in [6.45, 7) is 1.75. The number of aromatic nitrogens is 3. The number of hydrogen-bond acceptors (Lipinski definition) is 7. The second-order valence-electron chi connectivity index (χ2n) is 6.47. The molecule has 0 radical (unpaired) electrons. The Balaban J connectivity index is 1.45. The van der Waals surface area contributed by atoms with Gasteiger partial charge < -0.3 is 15.0 Å². The molecule has 2 heterocycles. The van der Waals surface area contributed by atoms with Crippen molar-refractivity contribution in [2.24, 2.45) is 5.92 Å². The lowest BCUT2D eigenvalue weighted by Crippen LogP contribution is -2.07. The third-order valence-corrected chi connectivity index (χ3v) is 4.30. The van der Waals surface area contributed by atoms with Crippen molar-refractivity contribution in [2.75, 3.05) is 5.73 Å². The fourth-order valence-corrected chi connectivity index (χ4v) is 2.58. The lowest BCUT2D eigenvalue weighted by molar-refractivity contribution is 0.0962. The van der Waals surface area contributed by atoms with E-state index < -0.39 is 11.9 Å². The summed E-state index contributed by atoms with van der Waals surface area (Å²) in [5.74, 6) is 0.610. The number of pyridine rings is 1. The highest BCUT2D eigenvalue weighted by atomic mass is 19.1. The molecule has 2 N–H and O–H groups in total. The number of halogens is 1. The molecule has 7 nitrogen and oxygen atoms in total. The largest absolute Gasteiger partial charge is 0.481 e. The maximum Gasteiger partial charge on any atom is 0.258 e. The number of nitrogen functional groups attached to an aromatic ring is 1. The molecule has 0 saturated heterocycles. The van der Waals surface area contributed by atoms with E-state index in [1.54, 1.807) is 25.1 Å². The molecule has 1 fully saturated rings. The van der Waals surface area contributed by atoms with Gasteiger partial charge >= 0.3 is 0 Å². The lowest BCUT2D eigenvalue weighted by atomic mass is 10.2. The Bertz CT molecular complexity index is 983. The van der Waals surface area contributed by atoms with Crippen LogP contribution in [-0.2, 0) is 0 Å². The van der Waals surface area contributed by atoms with E-state index in [2.05, 4.69) is 15.1 Å². The zero-order chi connectivity index (χ0) is 19.0. The van der Waals surface area contributed by atoms with Crippen LogP contribution in [0.5, 0.6) is 5.75 Å². The van der Waals surface area contributed by atoms with Crippen LogP contribution in [-0.4, -0.2) is 20.9 Å². The molecule has 0 amide bonds. The highest BCUT2D eigenvalue weighted by molar-refractivity contribution is 5.97. The maximum absolute atomic E-state index is 13.6. The predicted molar refractivity (Wildman–Crippen MR) is 94.4 cm³/mol. The number of benzene rings is 1. The van der Waals surface area contributed by atoms with Crippen LogP contribution in [0.2, 0.25) is 0 Å². The Kier molecular flexibility index (Phi) is 4.31. The van der Waals surface area contributed by atoms with Gasteiger partial charge in [-0.15, -0.1) is 0 Å². The number of ether oxygens (including phenoxy) is 1. The summed E-state index contributed by atoms with van der Waals surface area (Å²) in [6.07, 6.45) is 2.86. The second-order valence-corrected chi connectivity index (χ2v) is 6.47. The molecule has 0 aliphatic heterocycles. The topological polar surface area (TPSA) is 104 Å². The van der Waals surface area contributed by atoms with Crippen molar-refractivity contribution in [3.05, 3.63) is 53.9 Å². The van der Waals surface area contributed by atoms with Crippen LogP contribution in [0, 0.1) is 11.7 Å². The minimum atomic E-state index is -0.552. The fraction of sp³-hybridized carbons (Fsp3) is 0.263. The summed E-state index contributed by atoms with van der Waals surface area (Å²) in [5.41, 5.74) is 6.39. The molecule has 1 aliphatic carbocycles. The summed E-state index contributed by atoms with van der Waals surface area (Å²) in [7, 11) is 0. The third-order valence-electron chi connectivity index (χ3n) is 4.30. The van der Waals surface area contributed by atoms with Crippen LogP contribution in [0.15, 0.2) is 41.1 Å². The SMILES string of the molecule is CC(Oc1ccc(C(=O)C2CC2)nc1)c1noc(-c2ccc(N)c(F)c2)n1. The van der Waals surface area contributed by atoms with E-state index in [-0.39, 0.29) is 23.3 Å². The zero-order valence-electron chi connectivity index (χ0n) is 14.6. The van der Waals surface area contributed by atoms with Crippen LogP contribution in [0.1, 0.15) is 42.2 Å². The van der Waals surface area contributed by atoms with Gasteiger partial charge in [-0.1, -0.05) is 5.16 Å². The smallest absolute Gasteiger partial charge is 0.258 e. The molecule has 1 aromatic carbocycles. The van der Waals surface area contributed by atoms with Crippen molar-refractivity contribution in [1.82, 2.24) is 15.1 Å². The average molecular weight is 368 g/mol. The Morgan fingerprint density at radius 3 is 2.81 bits per heavy atom. The first kappa shape index (κ1) is 17.1. The van der Waals surface area contributed by atoms with Crippen LogP contribution in [0.4, 0.5) is 10.1 Å². The van der Waals surface area contributed by atoms with Crippen molar-refractivity contribution in [1.29, 1.82) is 0 Å². The van der Waals surface area contributed by atoms with Crippen molar-refractivity contribution in [2.45, 2.75) is 25.9 Å². The van der Waals surface area contributed by atoms with E-state index in [4.69, 9.17) is 15.0 Å². The molecule has 2 aromatic heterocycles. The summed E-state index contributed by atoms with van der Waals surface area (Å²) < 4.78 is 24.5. The monoisotopic (exact) mass is 368 g/mol. The molecular weight excluding hydrogens is 351 g/mol. The van der Waals surface area contributed by atoms with Gasteiger partial charge in [-0.2, -0.15) is 4.98 Å². The van der Waals surface area contributed by atoms with E-state index in [0.29, 0.717) is 22.8 Å². The van der Waals surface area contributed by atoms with Gasteiger partial charge in [0.05, 0.1) is 11.9 Å². The van der Waals surface area contributed by atoms with Gasteiger partial charge in [0, 0.05) is 11.5 Å². The normalized spacial score (nSPS) is 14.7. The fourth-order valence-electron chi connectivity index (χ4n) is 2.58. The minimum absolute atomic E-state index is 0.0475. The van der Waals surface area contributed by atoms with E-state index in [1.807, 2.05) is 0 Å². The highest BCUT2D eigenvalue weighted by Crippen LogP contribution is 2.32. The zero-order valence-corrected chi connectivity index (χ0v) is 14.6. The van der Waals surface area contributed by atoms with Gasteiger partial charge in [-0.05, 0) is 50.1 Å². The van der Waals surface area contributed by atoms with E-state index in [9.17, 15) is 9.18 Å². The highest BCUT2D eigenvalue weighted by Gasteiger charge is 2.31. The number of carbonyl (C=O) groups excluding carboxylic acids is 1. The number of Topliss-reactive ketones (excluding diaryl/α,β-unsaturated/α-hetero) is 1. The van der Waals surface area contributed by atoms with E-state index in [1.165, 1.54) is 18.3 Å². The molecule has 0 bridgehead atoms. The third kappa shape index (κ3) is 3.64. The van der Waals surface area contributed by atoms with Gasteiger partial charge in [0.1, 0.15) is 17.3 Å². The number of nitrogens with zero attached hydrogens (tertiary/aromatic N) is 3. The number of ketones is 1. The number of carbonyl (C=O) groups is 1. The Morgan fingerprint density at radius 2 is 2.15 bits per heavy atom. The lowest BCUT2D eigenvalue weighted by Gasteiger charge is -2.10. The van der Waals surface area contributed by atoms with Crippen LogP contribution >= 0.6 is 0 Å². The molecule has 1 atom stereocenters. The van der Waals surface area contributed by atoms with Gasteiger partial charge in [0.15, 0.2) is 11.9 Å². The van der Waals surface area contributed by atoms with Crippen LogP contribution < -0.4 is 10.5 Å². The molecule has 1 saturated carbocycles. The van der Waals surface area contributed by atoms with E-state index in [0.717, 1.165) is 12.8 Å². The maximum atomic E-state index is 13.6. The van der Waals surface area contributed by atoms with Crippen LogP contribution in [0.25, 0.3) is 11.5 Å².